The van der Waals surface area contributed by atoms with E-state index in [0.29, 0.717) is 12.6 Å². The molecule has 0 saturated heterocycles. The third-order valence-corrected chi connectivity index (χ3v) is 4.00. The Hall–Kier alpha value is -0.380. The van der Waals surface area contributed by atoms with Crippen LogP contribution >= 0.6 is 11.3 Å². The molecule has 0 aromatic carbocycles. The molecule has 1 heterocycles. The average Bonchev–Trinajstić information content (AvgIpc) is 2.78. The van der Waals surface area contributed by atoms with E-state index in [1.165, 1.54) is 19.3 Å². The van der Waals surface area contributed by atoms with E-state index in [9.17, 15) is 5.11 Å². The van der Waals surface area contributed by atoms with Crippen LogP contribution in [0.25, 0.3) is 0 Å². The maximum absolute atomic E-state index is 9.85. The second-order valence-corrected chi connectivity index (χ2v) is 5.31. The largest absolute Gasteiger partial charge is 0.386 e. The summed E-state index contributed by atoms with van der Waals surface area (Å²) < 4.78 is 0. The van der Waals surface area contributed by atoms with Gasteiger partial charge >= 0.3 is 0 Å². The Morgan fingerprint density at radius 1 is 1.67 bits per heavy atom. The molecule has 1 aromatic heterocycles. The highest BCUT2D eigenvalue weighted by atomic mass is 32.1. The summed E-state index contributed by atoms with van der Waals surface area (Å²) in [5, 5.41) is 15.3. The van der Waals surface area contributed by atoms with Crippen molar-refractivity contribution in [2.75, 3.05) is 6.54 Å². The lowest BCUT2D eigenvalue weighted by atomic mass is 10.2. The van der Waals surface area contributed by atoms with Crippen LogP contribution in [0.15, 0.2) is 17.5 Å². The van der Waals surface area contributed by atoms with Crippen LogP contribution in [0.3, 0.4) is 0 Å². The van der Waals surface area contributed by atoms with Crippen LogP contribution in [-0.4, -0.2) is 17.7 Å². The monoisotopic (exact) mass is 225 g/mol. The van der Waals surface area contributed by atoms with E-state index in [1.807, 2.05) is 17.5 Å². The minimum Gasteiger partial charge on any atom is -0.386 e. The second-order valence-electron chi connectivity index (χ2n) is 4.33. The van der Waals surface area contributed by atoms with Gasteiger partial charge in [0.05, 0.1) is 0 Å². The zero-order valence-electron chi connectivity index (χ0n) is 9.15. The van der Waals surface area contributed by atoms with Crippen molar-refractivity contribution in [2.24, 2.45) is 5.92 Å². The van der Waals surface area contributed by atoms with Gasteiger partial charge in [-0.25, -0.2) is 0 Å². The molecular formula is C12H19NOS. The van der Waals surface area contributed by atoms with Crippen molar-refractivity contribution in [2.45, 2.75) is 38.3 Å². The molecule has 2 rings (SSSR count). The summed E-state index contributed by atoms with van der Waals surface area (Å²) >= 11 is 1.62. The van der Waals surface area contributed by atoms with Crippen LogP contribution in [0.5, 0.6) is 0 Å². The molecule has 0 amide bonds. The number of hydrogen-bond acceptors (Lipinski definition) is 3. The van der Waals surface area contributed by atoms with Gasteiger partial charge in [-0.2, -0.15) is 0 Å². The molecule has 1 aliphatic rings. The predicted octanol–water partition coefficient (Wildman–Crippen LogP) is 2.56. The summed E-state index contributed by atoms with van der Waals surface area (Å²) in [5.74, 6) is 0.866. The van der Waals surface area contributed by atoms with Crippen molar-refractivity contribution in [1.29, 1.82) is 0 Å². The normalized spacial score (nSPS) is 26.5. The number of rotatable bonds is 6. The first-order valence-electron chi connectivity index (χ1n) is 5.76. The quantitative estimate of drug-likeness (QED) is 0.780. The minimum atomic E-state index is -0.326. The van der Waals surface area contributed by atoms with Gasteiger partial charge in [0, 0.05) is 17.5 Å². The summed E-state index contributed by atoms with van der Waals surface area (Å²) in [5.41, 5.74) is 0. The summed E-state index contributed by atoms with van der Waals surface area (Å²) in [6.07, 6.45) is 3.57. The fourth-order valence-electron chi connectivity index (χ4n) is 2.03. The zero-order chi connectivity index (χ0) is 10.7. The van der Waals surface area contributed by atoms with Crippen molar-refractivity contribution in [3.8, 4) is 0 Å². The number of aliphatic hydroxyl groups is 1. The number of aliphatic hydroxyl groups excluding tert-OH is 1. The molecule has 84 valence electrons. The Morgan fingerprint density at radius 3 is 3.20 bits per heavy atom. The molecular weight excluding hydrogens is 206 g/mol. The molecule has 15 heavy (non-hydrogen) atoms. The zero-order valence-corrected chi connectivity index (χ0v) is 9.96. The summed E-state index contributed by atoms with van der Waals surface area (Å²) in [6.45, 7) is 2.93. The molecule has 0 aliphatic heterocycles. The van der Waals surface area contributed by atoms with Crippen molar-refractivity contribution < 1.29 is 5.11 Å². The van der Waals surface area contributed by atoms with E-state index in [4.69, 9.17) is 0 Å². The smallest absolute Gasteiger partial charge is 0.101 e. The number of hydrogen-bond donors (Lipinski definition) is 2. The summed E-state index contributed by atoms with van der Waals surface area (Å²) in [6, 6.07) is 4.65. The number of nitrogens with one attached hydrogen (secondary N) is 1. The van der Waals surface area contributed by atoms with Crippen LogP contribution in [0.2, 0.25) is 0 Å². The van der Waals surface area contributed by atoms with Gasteiger partial charge in [0.15, 0.2) is 0 Å². The standard InChI is InChI=1S/C12H19NOS/c1-2-4-9-7-10(9)13-8-11(14)12-5-3-6-15-12/h3,5-6,9-11,13-14H,2,4,7-8H2,1H3. The van der Waals surface area contributed by atoms with Gasteiger partial charge in [-0.3, -0.25) is 0 Å². The molecule has 3 heteroatoms. The molecule has 0 spiro atoms. The van der Waals surface area contributed by atoms with Crippen LogP contribution in [0, 0.1) is 5.92 Å². The molecule has 2 N–H and O–H groups in total. The Kier molecular flexibility index (Phi) is 3.78. The van der Waals surface area contributed by atoms with Crippen molar-refractivity contribution in [3.05, 3.63) is 22.4 Å². The maximum Gasteiger partial charge on any atom is 0.101 e. The third kappa shape index (κ3) is 3.03. The van der Waals surface area contributed by atoms with Gasteiger partial charge in [0.2, 0.25) is 0 Å². The van der Waals surface area contributed by atoms with E-state index in [-0.39, 0.29) is 6.10 Å². The van der Waals surface area contributed by atoms with Crippen molar-refractivity contribution >= 4 is 11.3 Å². The Balaban J connectivity index is 1.67. The number of thiophene rings is 1. The van der Waals surface area contributed by atoms with Crippen LogP contribution in [0.4, 0.5) is 0 Å². The fraction of sp³-hybridized carbons (Fsp3) is 0.667. The third-order valence-electron chi connectivity index (χ3n) is 3.03. The Morgan fingerprint density at radius 2 is 2.53 bits per heavy atom. The van der Waals surface area contributed by atoms with Crippen LogP contribution in [-0.2, 0) is 0 Å². The molecule has 1 saturated carbocycles. The highest BCUT2D eigenvalue weighted by Gasteiger charge is 2.35. The first-order valence-corrected chi connectivity index (χ1v) is 6.64. The predicted molar refractivity (Wildman–Crippen MR) is 64.1 cm³/mol. The van der Waals surface area contributed by atoms with Gasteiger partial charge in [-0.15, -0.1) is 11.3 Å². The first-order chi connectivity index (χ1) is 7.31. The van der Waals surface area contributed by atoms with E-state index in [0.717, 1.165) is 10.8 Å². The van der Waals surface area contributed by atoms with Crippen molar-refractivity contribution in [3.63, 3.8) is 0 Å². The Bertz CT molecular complexity index is 286. The fourth-order valence-corrected chi connectivity index (χ4v) is 2.74. The SMILES string of the molecule is CCCC1CC1NCC(O)c1cccs1. The first kappa shape index (κ1) is 11.1. The van der Waals surface area contributed by atoms with Crippen LogP contribution in [0.1, 0.15) is 37.2 Å². The summed E-state index contributed by atoms with van der Waals surface area (Å²) in [7, 11) is 0. The van der Waals surface area contributed by atoms with Crippen molar-refractivity contribution in [1.82, 2.24) is 5.32 Å². The molecule has 0 radical (unpaired) electrons. The molecule has 0 bridgehead atoms. The lowest BCUT2D eigenvalue weighted by Gasteiger charge is -2.09. The molecule has 2 nitrogen and oxygen atoms in total. The topological polar surface area (TPSA) is 32.3 Å². The van der Waals surface area contributed by atoms with Crippen LogP contribution < -0.4 is 5.32 Å². The highest BCUT2D eigenvalue weighted by Crippen LogP contribution is 2.34. The molecule has 3 unspecified atom stereocenters. The van der Waals surface area contributed by atoms with E-state index < -0.39 is 0 Å². The maximum atomic E-state index is 9.85. The highest BCUT2D eigenvalue weighted by molar-refractivity contribution is 7.10. The van der Waals surface area contributed by atoms with Gasteiger partial charge < -0.3 is 10.4 Å². The molecule has 1 aromatic rings. The summed E-state index contributed by atoms with van der Waals surface area (Å²) in [4.78, 5) is 1.06. The van der Waals surface area contributed by atoms with Gasteiger partial charge in [0.1, 0.15) is 6.10 Å². The average molecular weight is 225 g/mol. The lowest BCUT2D eigenvalue weighted by Crippen LogP contribution is -2.24. The van der Waals surface area contributed by atoms with E-state index in [2.05, 4.69) is 12.2 Å². The van der Waals surface area contributed by atoms with Gasteiger partial charge in [-0.1, -0.05) is 19.4 Å². The second kappa shape index (κ2) is 5.10. The Labute approximate surface area is 95.3 Å². The van der Waals surface area contributed by atoms with E-state index in [1.54, 1.807) is 11.3 Å². The molecule has 3 atom stereocenters. The van der Waals surface area contributed by atoms with E-state index >= 15 is 0 Å². The minimum absolute atomic E-state index is 0.326. The van der Waals surface area contributed by atoms with Gasteiger partial charge in [0.25, 0.3) is 0 Å². The van der Waals surface area contributed by atoms with Gasteiger partial charge in [-0.05, 0) is 30.2 Å². The molecule has 1 aliphatic carbocycles. The lowest BCUT2D eigenvalue weighted by molar-refractivity contribution is 0.177. The molecule has 1 fully saturated rings.